The zero-order chi connectivity index (χ0) is 9.26. The van der Waals surface area contributed by atoms with Crippen molar-refractivity contribution in [3.05, 3.63) is 6.39 Å². The van der Waals surface area contributed by atoms with E-state index in [0.29, 0.717) is 12.6 Å². The molecular weight excluding hydrogens is 172 g/mol. The van der Waals surface area contributed by atoms with Crippen molar-refractivity contribution in [1.29, 1.82) is 0 Å². The highest BCUT2D eigenvalue weighted by Crippen LogP contribution is 2.20. The summed E-state index contributed by atoms with van der Waals surface area (Å²) in [6.07, 6.45) is 2.03. The van der Waals surface area contributed by atoms with Crippen LogP contribution in [0.2, 0.25) is 0 Å². The standard InChI is InChI=1S/C7H10N4O2/c8-6(12)5-1-2-11(3-5)7-10-9-4-13-7/h4-5H,1-3H2,(H2,8,12). The number of aromatic nitrogens is 2. The fourth-order valence-corrected chi connectivity index (χ4v) is 1.47. The average Bonchev–Trinajstić information content (AvgIpc) is 2.75. The molecule has 0 radical (unpaired) electrons. The van der Waals surface area contributed by atoms with E-state index in [-0.39, 0.29) is 11.8 Å². The van der Waals surface area contributed by atoms with Gasteiger partial charge < -0.3 is 15.1 Å². The van der Waals surface area contributed by atoms with Gasteiger partial charge in [-0.2, -0.15) is 0 Å². The molecule has 0 aromatic carbocycles. The molecule has 1 aliphatic rings. The number of nitrogens with two attached hydrogens (primary N) is 1. The van der Waals surface area contributed by atoms with Gasteiger partial charge in [0, 0.05) is 13.1 Å². The van der Waals surface area contributed by atoms with Crippen LogP contribution in [-0.4, -0.2) is 29.2 Å². The maximum atomic E-state index is 10.8. The molecule has 6 heteroatoms. The van der Waals surface area contributed by atoms with Crippen molar-refractivity contribution in [3.63, 3.8) is 0 Å². The van der Waals surface area contributed by atoms with Gasteiger partial charge in [-0.1, -0.05) is 5.10 Å². The van der Waals surface area contributed by atoms with Crippen LogP contribution in [0.5, 0.6) is 0 Å². The Hall–Kier alpha value is -1.59. The number of carbonyl (C=O) groups is 1. The lowest BCUT2D eigenvalue weighted by molar-refractivity contribution is -0.121. The van der Waals surface area contributed by atoms with E-state index in [9.17, 15) is 4.79 Å². The summed E-state index contributed by atoms with van der Waals surface area (Å²) >= 11 is 0. The van der Waals surface area contributed by atoms with Crippen LogP contribution in [0.1, 0.15) is 6.42 Å². The first kappa shape index (κ1) is 8.03. The second-order valence-electron chi connectivity index (χ2n) is 3.06. The minimum absolute atomic E-state index is 0.0908. The third-order valence-corrected chi connectivity index (χ3v) is 2.21. The molecule has 70 valence electrons. The second-order valence-corrected chi connectivity index (χ2v) is 3.06. The number of hydrogen-bond donors (Lipinski definition) is 1. The number of amides is 1. The maximum Gasteiger partial charge on any atom is 0.317 e. The Morgan fingerprint density at radius 2 is 2.62 bits per heavy atom. The van der Waals surface area contributed by atoms with E-state index in [0.717, 1.165) is 13.0 Å². The first-order valence-corrected chi connectivity index (χ1v) is 4.08. The molecule has 2 rings (SSSR count). The fraction of sp³-hybridized carbons (Fsp3) is 0.571. The molecular formula is C7H10N4O2. The molecule has 0 saturated carbocycles. The summed E-state index contributed by atoms with van der Waals surface area (Å²) in [5, 5.41) is 7.31. The van der Waals surface area contributed by atoms with Gasteiger partial charge in [-0.25, -0.2) is 0 Å². The van der Waals surface area contributed by atoms with Gasteiger partial charge in [0.05, 0.1) is 5.92 Å². The van der Waals surface area contributed by atoms with Gasteiger partial charge in [-0.15, -0.1) is 5.10 Å². The van der Waals surface area contributed by atoms with Crippen LogP contribution in [0.3, 0.4) is 0 Å². The van der Waals surface area contributed by atoms with E-state index in [4.69, 9.17) is 10.2 Å². The number of nitrogens with zero attached hydrogens (tertiary/aromatic N) is 3. The third kappa shape index (κ3) is 1.47. The Morgan fingerprint density at radius 3 is 3.15 bits per heavy atom. The van der Waals surface area contributed by atoms with Gasteiger partial charge in [0.15, 0.2) is 0 Å². The Bertz CT molecular complexity index is 297. The molecule has 1 aromatic rings. The Balaban J connectivity index is 2.03. The van der Waals surface area contributed by atoms with Gasteiger partial charge in [-0.05, 0) is 6.42 Å². The van der Waals surface area contributed by atoms with Gasteiger partial charge in [0.1, 0.15) is 0 Å². The van der Waals surface area contributed by atoms with Crippen molar-refractivity contribution in [2.75, 3.05) is 18.0 Å². The summed E-state index contributed by atoms with van der Waals surface area (Å²) in [5.41, 5.74) is 5.18. The molecule has 1 atom stereocenters. The van der Waals surface area contributed by atoms with Crippen LogP contribution in [0, 0.1) is 5.92 Å². The second kappa shape index (κ2) is 3.04. The molecule has 2 heterocycles. The quantitative estimate of drug-likeness (QED) is 0.658. The van der Waals surface area contributed by atoms with E-state index in [2.05, 4.69) is 10.2 Å². The molecule has 1 fully saturated rings. The van der Waals surface area contributed by atoms with Crippen molar-refractivity contribution < 1.29 is 9.21 Å². The number of hydrogen-bond acceptors (Lipinski definition) is 5. The Morgan fingerprint density at radius 1 is 1.77 bits per heavy atom. The molecule has 13 heavy (non-hydrogen) atoms. The highest BCUT2D eigenvalue weighted by atomic mass is 16.4. The van der Waals surface area contributed by atoms with Crippen LogP contribution in [0.15, 0.2) is 10.8 Å². The summed E-state index contributed by atoms with van der Waals surface area (Å²) < 4.78 is 5.00. The predicted octanol–water partition coefficient (Wildman–Crippen LogP) is -0.619. The van der Waals surface area contributed by atoms with Crippen molar-refractivity contribution >= 4 is 11.9 Å². The van der Waals surface area contributed by atoms with Gasteiger partial charge in [-0.3, -0.25) is 4.79 Å². The molecule has 2 N–H and O–H groups in total. The van der Waals surface area contributed by atoms with Crippen LogP contribution in [-0.2, 0) is 4.79 Å². The first-order valence-electron chi connectivity index (χ1n) is 4.08. The predicted molar refractivity (Wildman–Crippen MR) is 43.8 cm³/mol. The Labute approximate surface area is 74.7 Å². The Kier molecular flexibility index (Phi) is 1.88. The maximum absolute atomic E-state index is 10.8. The van der Waals surface area contributed by atoms with Gasteiger partial charge in [0.2, 0.25) is 12.3 Å². The monoisotopic (exact) mass is 182 g/mol. The summed E-state index contributed by atoms with van der Waals surface area (Å²) in [7, 11) is 0. The zero-order valence-electron chi connectivity index (χ0n) is 7.01. The van der Waals surface area contributed by atoms with E-state index in [1.165, 1.54) is 6.39 Å². The molecule has 1 unspecified atom stereocenters. The third-order valence-electron chi connectivity index (χ3n) is 2.21. The summed E-state index contributed by atoms with van der Waals surface area (Å²) in [5.74, 6) is -0.353. The van der Waals surface area contributed by atoms with Gasteiger partial charge >= 0.3 is 6.01 Å². The molecule has 1 saturated heterocycles. The molecule has 0 aliphatic carbocycles. The van der Waals surface area contributed by atoms with Crippen LogP contribution < -0.4 is 10.6 Å². The minimum atomic E-state index is -0.262. The van der Waals surface area contributed by atoms with Crippen molar-refractivity contribution in [2.24, 2.45) is 11.7 Å². The molecule has 1 aromatic heterocycles. The number of primary amides is 1. The largest absolute Gasteiger partial charge is 0.411 e. The first-order chi connectivity index (χ1) is 6.27. The molecule has 1 amide bonds. The summed E-state index contributed by atoms with van der Waals surface area (Å²) in [6.45, 7) is 1.33. The minimum Gasteiger partial charge on any atom is -0.411 e. The highest BCUT2D eigenvalue weighted by molar-refractivity contribution is 5.77. The van der Waals surface area contributed by atoms with Crippen LogP contribution in [0.4, 0.5) is 6.01 Å². The smallest absolute Gasteiger partial charge is 0.317 e. The average molecular weight is 182 g/mol. The lowest BCUT2D eigenvalue weighted by atomic mass is 10.1. The molecule has 0 bridgehead atoms. The zero-order valence-corrected chi connectivity index (χ0v) is 7.01. The fourth-order valence-electron chi connectivity index (χ4n) is 1.47. The summed E-state index contributed by atoms with van der Waals surface area (Å²) in [6, 6.07) is 0.462. The van der Waals surface area contributed by atoms with Gasteiger partial charge in [0.25, 0.3) is 0 Å². The highest BCUT2D eigenvalue weighted by Gasteiger charge is 2.28. The number of anilines is 1. The number of carbonyl (C=O) groups excluding carboxylic acids is 1. The summed E-state index contributed by atoms with van der Waals surface area (Å²) in [4.78, 5) is 12.7. The SMILES string of the molecule is NC(=O)C1CCN(c2nnco2)C1. The van der Waals surface area contributed by atoms with E-state index < -0.39 is 0 Å². The van der Waals surface area contributed by atoms with E-state index in [1.807, 2.05) is 4.90 Å². The van der Waals surface area contributed by atoms with Crippen molar-refractivity contribution in [3.8, 4) is 0 Å². The molecule has 1 aliphatic heterocycles. The van der Waals surface area contributed by atoms with E-state index >= 15 is 0 Å². The molecule has 0 spiro atoms. The van der Waals surface area contributed by atoms with Crippen molar-refractivity contribution in [2.45, 2.75) is 6.42 Å². The lowest BCUT2D eigenvalue weighted by Gasteiger charge is -2.10. The van der Waals surface area contributed by atoms with Crippen molar-refractivity contribution in [1.82, 2.24) is 10.2 Å². The topological polar surface area (TPSA) is 85.3 Å². The lowest BCUT2D eigenvalue weighted by Crippen LogP contribution is -2.27. The normalized spacial score (nSPS) is 22.2. The number of rotatable bonds is 2. The van der Waals surface area contributed by atoms with E-state index in [1.54, 1.807) is 0 Å². The van der Waals surface area contributed by atoms with Crippen LogP contribution in [0.25, 0.3) is 0 Å². The van der Waals surface area contributed by atoms with Crippen LogP contribution >= 0.6 is 0 Å². The molecule has 6 nitrogen and oxygen atoms in total.